The van der Waals surface area contributed by atoms with E-state index in [2.05, 4.69) is 17.1 Å². The second-order valence-electron chi connectivity index (χ2n) is 4.72. The molecular formula is C17H19FN2O. The summed E-state index contributed by atoms with van der Waals surface area (Å²) in [5.41, 5.74) is 1.72. The Kier molecular flexibility index (Phi) is 5.32. The Labute approximate surface area is 124 Å². The quantitative estimate of drug-likeness (QED) is 0.878. The molecule has 4 heteroatoms. The third-order valence-corrected chi connectivity index (χ3v) is 3.24. The van der Waals surface area contributed by atoms with E-state index in [4.69, 9.17) is 0 Å². The number of nitrogens with one attached hydrogen (secondary N) is 1. The molecule has 0 saturated heterocycles. The van der Waals surface area contributed by atoms with Crippen molar-refractivity contribution in [1.29, 1.82) is 0 Å². The van der Waals surface area contributed by atoms with Gasteiger partial charge in [0.1, 0.15) is 5.82 Å². The lowest BCUT2D eigenvalue weighted by molar-refractivity contribution is -0.116. The van der Waals surface area contributed by atoms with Gasteiger partial charge >= 0.3 is 0 Å². The second kappa shape index (κ2) is 7.43. The van der Waals surface area contributed by atoms with Crippen LogP contribution in [0.3, 0.4) is 0 Å². The summed E-state index contributed by atoms with van der Waals surface area (Å²) in [4.78, 5) is 14.1. The molecule has 2 aromatic rings. The highest BCUT2D eigenvalue weighted by Crippen LogP contribution is 2.14. The maximum Gasteiger partial charge on any atom is 0.226 e. The minimum Gasteiger partial charge on any atom is -0.371 e. The summed E-state index contributed by atoms with van der Waals surface area (Å²) in [6, 6.07) is 15.8. The fourth-order valence-corrected chi connectivity index (χ4v) is 2.10. The van der Waals surface area contributed by atoms with E-state index in [1.165, 1.54) is 12.1 Å². The van der Waals surface area contributed by atoms with E-state index < -0.39 is 0 Å². The predicted molar refractivity (Wildman–Crippen MR) is 84.0 cm³/mol. The Balaban J connectivity index is 1.86. The number of rotatable bonds is 6. The summed E-state index contributed by atoms with van der Waals surface area (Å²) < 4.78 is 12.8. The Hall–Kier alpha value is -2.36. The average Bonchev–Trinajstić information content (AvgIpc) is 2.51. The number of anilines is 2. The van der Waals surface area contributed by atoms with Gasteiger partial charge in [-0.05, 0) is 43.3 Å². The monoisotopic (exact) mass is 286 g/mol. The molecule has 0 unspecified atom stereocenters. The van der Waals surface area contributed by atoms with Gasteiger partial charge in [0.25, 0.3) is 0 Å². The molecule has 0 saturated carbocycles. The molecule has 110 valence electrons. The van der Waals surface area contributed by atoms with Crippen molar-refractivity contribution in [2.24, 2.45) is 0 Å². The smallest absolute Gasteiger partial charge is 0.226 e. The highest BCUT2D eigenvalue weighted by atomic mass is 19.1. The first-order valence-electron chi connectivity index (χ1n) is 7.04. The Bertz CT molecular complexity index is 569. The summed E-state index contributed by atoms with van der Waals surface area (Å²) in [5.74, 6) is -0.384. The topological polar surface area (TPSA) is 32.3 Å². The third-order valence-electron chi connectivity index (χ3n) is 3.24. The van der Waals surface area contributed by atoms with Crippen LogP contribution < -0.4 is 10.2 Å². The average molecular weight is 286 g/mol. The Morgan fingerprint density at radius 2 is 1.76 bits per heavy atom. The Morgan fingerprint density at radius 1 is 1.10 bits per heavy atom. The van der Waals surface area contributed by atoms with E-state index in [1.54, 1.807) is 12.1 Å². The third kappa shape index (κ3) is 4.60. The van der Waals surface area contributed by atoms with Crippen molar-refractivity contribution < 1.29 is 9.18 Å². The first-order valence-corrected chi connectivity index (χ1v) is 7.04. The zero-order valence-electron chi connectivity index (χ0n) is 12.1. The van der Waals surface area contributed by atoms with E-state index >= 15 is 0 Å². The zero-order chi connectivity index (χ0) is 15.1. The zero-order valence-corrected chi connectivity index (χ0v) is 12.1. The molecule has 0 aliphatic heterocycles. The molecule has 0 aliphatic carbocycles. The van der Waals surface area contributed by atoms with Crippen LogP contribution in [0, 0.1) is 5.82 Å². The van der Waals surface area contributed by atoms with Crippen LogP contribution in [0.1, 0.15) is 13.3 Å². The number of hydrogen-bond donors (Lipinski definition) is 1. The standard InChI is InChI=1S/C17H19FN2O/c1-2-20(16-6-4-3-5-7-16)13-12-17(21)19-15-10-8-14(18)9-11-15/h3-11H,2,12-13H2,1H3,(H,19,21). The van der Waals surface area contributed by atoms with Crippen molar-refractivity contribution in [3.63, 3.8) is 0 Å². The van der Waals surface area contributed by atoms with Gasteiger partial charge in [0.05, 0.1) is 0 Å². The molecular weight excluding hydrogens is 267 g/mol. The number of nitrogens with zero attached hydrogens (tertiary/aromatic N) is 1. The molecule has 0 aromatic heterocycles. The van der Waals surface area contributed by atoms with Crippen LogP contribution in [-0.4, -0.2) is 19.0 Å². The van der Waals surface area contributed by atoms with E-state index in [9.17, 15) is 9.18 Å². The number of para-hydroxylation sites is 1. The van der Waals surface area contributed by atoms with Gasteiger partial charge in [-0.3, -0.25) is 4.79 Å². The fourth-order valence-electron chi connectivity index (χ4n) is 2.10. The summed E-state index contributed by atoms with van der Waals surface area (Å²) in [7, 11) is 0. The van der Waals surface area contributed by atoms with Crippen molar-refractivity contribution in [1.82, 2.24) is 0 Å². The van der Waals surface area contributed by atoms with E-state index in [-0.39, 0.29) is 11.7 Å². The summed E-state index contributed by atoms with van der Waals surface area (Å²) >= 11 is 0. The van der Waals surface area contributed by atoms with Crippen molar-refractivity contribution in [2.75, 3.05) is 23.3 Å². The summed E-state index contributed by atoms with van der Waals surface area (Å²) in [5, 5.41) is 2.77. The maximum atomic E-state index is 12.8. The van der Waals surface area contributed by atoms with Crippen LogP contribution in [0.4, 0.5) is 15.8 Å². The van der Waals surface area contributed by atoms with Crippen molar-refractivity contribution in [3.8, 4) is 0 Å². The second-order valence-corrected chi connectivity index (χ2v) is 4.72. The van der Waals surface area contributed by atoms with Crippen LogP contribution in [0.25, 0.3) is 0 Å². The summed E-state index contributed by atoms with van der Waals surface area (Å²) in [6.07, 6.45) is 0.389. The van der Waals surface area contributed by atoms with Gasteiger partial charge in [-0.1, -0.05) is 18.2 Å². The number of carbonyl (C=O) groups excluding carboxylic acids is 1. The molecule has 0 radical (unpaired) electrons. The largest absolute Gasteiger partial charge is 0.371 e. The van der Waals surface area contributed by atoms with Gasteiger partial charge in [0.15, 0.2) is 0 Å². The highest BCUT2D eigenvalue weighted by Gasteiger charge is 2.07. The van der Waals surface area contributed by atoms with Crippen LogP contribution in [0.15, 0.2) is 54.6 Å². The number of hydrogen-bond acceptors (Lipinski definition) is 2. The number of amides is 1. The first-order chi connectivity index (χ1) is 10.2. The van der Waals surface area contributed by atoms with Gasteiger partial charge in [-0.25, -0.2) is 4.39 Å². The molecule has 0 atom stereocenters. The van der Waals surface area contributed by atoms with Gasteiger partial charge in [-0.15, -0.1) is 0 Å². The minimum absolute atomic E-state index is 0.0732. The van der Waals surface area contributed by atoms with Gasteiger partial charge in [-0.2, -0.15) is 0 Å². The SMILES string of the molecule is CCN(CCC(=O)Nc1ccc(F)cc1)c1ccccc1. The van der Waals surface area contributed by atoms with Gasteiger partial charge < -0.3 is 10.2 Å². The lowest BCUT2D eigenvalue weighted by Gasteiger charge is -2.22. The minimum atomic E-state index is -0.311. The molecule has 0 spiro atoms. The van der Waals surface area contributed by atoms with E-state index in [0.717, 1.165) is 12.2 Å². The molecule has 2 rings (SSSR count). The molecule has 3 nitrogen and oxygen atoms in total. The number of carbonyl (C=O) groups is 1. The van der Waals surface area contributed by atoms with Crippen LogP contribution in [0.5, 0.6) is 0 Å². The molecule has 21 heavy (non-hydrogen) atoms. The van der Waals surface area contributed by atoms with Crippen LogP contribution >= 0.6 is 0 Å². The normalized spacial score (nSPS) is 10.2. The number of halogens is 1. The van der Waals surface area contributed by atoms with Gasteiger partial charge in [0.2, 0.25) is 5.91 Å². The fraction of sp³-hybridized carbons (Fsp3) is 0.235. The van der Waals surface area contributed by atoms with Crippen molar-refractivity contribution in [3.05, 3.63) is 60.4 Å². The maximum absolute atomic E-state index is 12.8. The molecule has 1 amide bonds. The molecule has 1 N–H and O–H groups in total. The van der Waals surface area contributed by atoms with Crippen LogP contribution in [-0.2, 0) is 4.79 Å². The molecule has 2 aromatic carbocycles. The molecule has 0 aliphatic rings. The van der Waals surface area contributed by atoms with E-state index in [0.29, 0.717) is 18.7 Å². The predicted octanol–water partition coefficient (Wildman–Crippen LogP) is 3.68. The molecule has 0 bridgehead atoms. The van der Waals surface area contributed by atoms with Gasteiger partial charge in [0, 0.05) is 30.9 Å². The van der Waals surface area contributed by atoms with Crippen LogP contribution in [0.2, 0.25) is 0 Å². The Morgan fingerprint density at radius 3 is 2.38 bits per heavy atom. The number of benzene rings is 2. The van der Waals surface area contributed by atoms with E-state index in [1.807, 2.05) is 30.3 Å². The molecule has 0 heterocycles. The first kappa shape index (κ1) is 15.0. The highest BCUT2D eigenvalue weighted by molar-refractivity contribution is 5.90. The molecule has 0 fully saturated rings. The lowest BCUT2D eigenvalue weighted by Crippen LogP contribution is -2.27. The lowest BCUT2D eigenvalue weighted by atomic mass is 10.2. The van der Waals surface area contributed by atoms with Crippen molar-refractivity contribution >= 4 is 17.3 Å². The van der Waals surface area contributed by atoms with Crippen molar-refractivity contribution in [2.45, 2.75) is 13.3 Å². The summed E-state index contributed by atoms with van der Waals surface area (Å²) in [6.45, 7) is 3.55.